The van der Waals surface area contributed by atoms with Crippen LogP contribution in [0.25, 0.3) is 0 Å². The van der Waals surface area contributed by atoms with Crippen molar-refractivity contribution in [1.29, 1.82) is 0 Å². The van der Waals surface area contributed by atoms with Crippen LogP contribution in [0.5, 0.6) is 0 Å². The standard InChI is InChI=1S/C24H38N4O/c1-3-25-23(28-13-9-24(18-28)10-14-29-19-24)26-16-21-5-4-6-22(15-21)17-27-11-7-20(2)8-12-27/h4-6,15,20H,3,7-14,16-19H2,1-2H3,(H,25,26). The van der Waals surface area contributed by atoms with Gasteiger partial charge >= 0.3 is 0 Å². The van der Waals surface area contributed by atoms with Crippen molar-refractivity contribution in [3.8, 4) is 0 Å². The van der Waals surface area contributed by atoms with E-state index in [0.29, 0.717) is 5.41 Å². The minimum absolute atomic E-state index is 0.363. The Morgan fingerprint density at radius 2 is 2.03 bits per heavy atom. The lowest BCUT2D eigenvalue weighted by molar-refractivity contribution is 0.156. The van der Waals surface area contributed by atoms with E-state index in [1.807, 2.05) is 0 Å². The maximum atomic E-state index is 5.69. The van der Waals surface area contributed by atoms with E-state index in [2.05, 4.69) is 53.2 Å². The first-order valence-electron chi connectivity index (χ1n) is 11.6. The third-order valence-corrected chi connectivity index (χ3v) is 6.94. The number of ether oxygens (including phenoxy) is 1. The summed E-state index contributed by atoms with van der Waals surface area (Å²) in [6, 6.07) is 9.02. The monoisotopic (exact) mass is 398 g/mol. The number of benzene rings is 1. The van der Waals surface area contributed by atoms with E-state index in [1.54, 1.807) is 0 Å². The van der Waals surface area contributed by atoms with Crippen molar-refractivity contribution in [3.05, 3.63) is 35.4 Å². The quantitative estimate of drug-likeness (QED) is 0.609. The van der Waals surface area contributed by atoms with Gasteiger partial charge in [0.1, 0.15) is 0 Å². The van der Waals surface area contributed by atoms with Crippen molar-refractivity contribution in [2.24, 2.45) is 16.3 Å². The minimum Gasteiger partial charge on any atom is -0.381 e. The summed E-state index contributed by atoms with van der Waals surface area (Å²) >= 11 is 0. The molecule has 1 spiro atoms. The Morgan fingerprint density at radius 1 is 1.21 bits per heavy atom. The lowest BCUT2D eigenvalue weighted by Gasteiger charge is -2.30. The maximum Gasteiger partial charge on any atom is 0.194 e. The van der Waals surface area contributed by atoms with E-state index in [9.17, 15) is 0 Å². The van der Waals surface area contributed by atoms with Crippen LogP contribution in [0, 0.1) is 11.3 Å². The van der Waals surface area contributed by atoms with Gasteiger partial charge in [-0.3, -0.25) is 4.90 Å². The number of rotatable bonds is 5. The van der Waals surface area contributed by atoms with E-state index in [1.165, 1.54) is 49.9 Å². The van der Waals surface area contributed by atoms with Crippen LogP contribution < -0.4 is 5.32 Å². The highest BCUT2D eigenvalue weighted by Gasteiger charge is 2.42. The Balaban J connectivity index is 1.37. The topological polar surface area (TPSA) is 40.1 Å². The third kappa shape index (κ3) is 5.32. The van der Waals surface area contributed by atoms with E-state index < -0.39 is 0 Å². The summed E-state index contributed by atoms with van der Waals surface area (Å²) in [7, 11) is 0. The summed E-state index contributed by atoms with van der Waals surface area (Å²) in [5, 5.41) is 3.51. The molecule has 5 heteroatoms. The van der Waals surface area contributed by atoms with Crippen molar-refractivity contribution in [1.82, 2.24) is 15.1 Å². The Labute approximate surface area is 176 Å². The van der Waals surface area contributed by atoms with Crippen LogP contribution in [0.3, 0.4) is 0 Å². The first kappa shape index (κ1) is 20.7. The van der Waals surface area contributed by atoms with Gasteiger partial charge in [-0.2, -0.15) is 0 Å². The highest BCUT2D eigenvalue weighted by atomic mass is 16.5. The second-order valence-corrected chi connectivity index (χ2v) is 9.42. The Bertz CT molecular complexity index is 690. The number of guanidine groups is 1. The molecule has 3 saturated heterocycles. The van der Waals surface area contributed by atoms with Crippen LogP contribution in [-0.2, 0) is 17.8 Å². The zero-order valence-electron chi connectivity index (χ0n) is 18.3. The van der Waals surface area contributed by atoms with Gasteiger partial charge in [0, 0.05) is 38.2 Å². The van der Waals surface area contributed by atoms with Crippen LogP contribution in [0.2, 0.25) is 0 Å². The number of likely N-dealkylation sites (tertiary alicyclic amines) is 2. The molecule has 5 nitrogen and oxygen atoms in total. The molecule has 160 valence electrons. The lowest BCUT2D eigenvalue weighted by atomic mass is 9.87. The number of aliphatic imine (C=N–C) groups is 1. The summed E-state index contributed by atoms with van der Waals surface area (Å²) in [5.41, 5.74) is 3.09. The summed E-state index contributed by atoms with van der Waals surface area (Å²) in [6.45, 7) is 13.7. The molecular formula is C24H38N4O. The largest absolute Gasteiger partial charge is 0.381 e. The van der Waals surface area contributed by atoms with E-state index in [4.69, 9.17) is 9.73 Å². The van der Waals surface area contributed by atoms with Gasteiger partial charge in [-0.1, -0.05) is 31.2 Å². The van der Waals surface area contributed by atoms with Gasteiger partial charge in [0.2, 0.25) is 0 Å². The Kier molecular flexibility index (Phi) is 6.76. The number of piperidine rings is 1. The Hall–Kier alpha value is -1.59. The molecule has 0 radical (unpaired) electrons. The van der Waals surface area contributed by atoms with Gasteiger partial charge in [0.25, 0.3) is 0 Å². The molecule has 0 bridgehead atoms. The van der Waals surface area contributed by atoms with E-state index in [-0.39, 0.29) is 0 Å². The molecule has 1 atom stereocenters. The van der Waals surface area contributed by atoms with Crippen LogP contribution in [0.15, 0.2) is 29.3 Å². The summed E-state index contributed by atoms with van der Waals surface area (Å²) in [4.78, 5) is 10.0. The molecule has 0 saturated carbocycles. The number of hydrogen-bond donors (Lipinski definition) is 1. The SMILES string of the molecule is CCNC(=NCc1cccc(CN2CCC(C)CC2)c1)N1CCC2(CCOC2)C1. The number of nitrogens with zero attached hydrogens (tertiary/aromatic N) is 3. The zero-order chi connectivity index (χ0) is 20.1. The second kappa shape index (κ2) is 9.48. The first-order chi connectivity index (χ1) is 14.2. The average molecular weight is 399 g/mol. The van der Waals surface area contributed by atoms with Crippen molar-refractivity contribution >= 4 is 5.96 Å². The molecule has 0 aromatic heterocycles. The van der Waals surface area contributed by atoms with Gasteiger partial charge < -0.3 is 15.0 Å². The average Bonchev–Trinajstić information content (AvgIpc) is 3.37. The molecule has 1 unspecified atom stereocenters. The van der Waals surface area contributed by atoms with Crippen LogP contribution in [-0.4, -0.2) is 61.7 Å². The summed E-state index contributed by atoms with van der Waals surface area (Å²) < 4.78 is 5.69. The summed E-state index contributed by atoms with van der Waals surface area (Å²) in [5.74, 6) is 1.95. The fraction of sp³-hybridized carbons (Fsp3) is 0.708. The number of hydrogen-bond acceptors (Lipinski definition) is 3. The van der Waals surface area contributed by atoms with Crippen molar-refractivity contribution in [2.75, 3.05) is 45.9 Å². The van der Waals surface area contributed by atoms with E-state index >= 15 is 0 Å². The minimum atomic E-state index is 0.363. The molecule has 3 heterocycles. The Morgan fingerprint density at radius 3 is 2.79 bits per heavy atom. The lowest BCUT2D eigenvalue weighted by Crippen LogP contribution is -2.41. The van der Waals surface area contributed by atoms with Crippen molar-refractivity contribution in [2.45, 2.75) is 52.6 Å². The van der Waals surface area contributed by atoms with Gasteiger partial charge in [-0.05, 0) is 62.7 Å². The second-order valence-electron chi connectivity index (χ2n) is 9.42. The van der Waals surface area contributed by atoms with E-state index in [0.717, 1.165) is 57.8 Å². The fourth-order valence-electron chi connectivity index (χ4n) is 4.98. The maximum absolute atomic E-state index is 5.69. The van der Waals surface area contributed by atoms with Crippen molar-refractivity contribution in [3.63, 3.8) is 0 Å². The van der Waals surface area contributed by atoms with Crippen LogP contribution in [0.4, 0.5) is 0 Å². The molecule has 4 rings (SSSR count). The fourth-order valence-corrected chi connectivity index (χ4v) is 4.98. The third-order valence-electron chi connectivity index (χ3n) is 6.94. The predicted octanol–water partition coefficient (Wildman–Crippen LogP) is 3.50. The molecule has 3 aliphatic rings. The highest BCUT2D eigenvalue weighted by molar-refractivity contribution is 5.80. The zero-order valence-corrected chi connectivity index (χ0v) is 18.3. The van der Waals surface area contributed by atoms with Crippen molar-refractivity contribution < 1.29 is 4.74 Å². The molecule has 1 aromatic carbocycles. The summed E-state index contributed by atoms with van der Waals surface area (Å²) in [6.07, 6.45) is 5.08. The molecule has 0 amide bonds. The van der Waals surface area contributed by atoms with Gasteiger partial charge in [0.15, 0.2) is 5.96 Å². The first-order valence-corrected chi connectivity index (χ1v) is 11.6. The molecule has 3 fully saturated rings. The molecule has 1 N–H and O–H groups in total. The van der Waals surface area contributed by atoms with Gasteiger partial charge in [-0.15, -0.1) is 0 Å². The van der Waals surface area contributed by atoms with Crippen LogP contribution >= 0.6 is 0 Å². The van der Waals surface area contributed by atoms with Gasteiger partial charge in [0.05, 0.1) is 13.2 Å². The molecular weight excluding hydrogens is 360 g/mol. The molecule has 1 aromatic rings. The molecule has 3 aliphatic heterocycles. The van der Waals surface area contributed by atoms with Crippen LogP contribution in [0.1, 0.15) is 50.7 Å². The predicted molar refractivity (Wildman–Crippen MR) is 119 cm³/mol. The van der Waals surface area contributed by atoms with Gasteiger partial charge in [-0.25, -0.2) is 4.99 Å². The molecule has 29 heavy (non-hydrogen) atoms. The number of nitrogens with one attached hydrogen (secondary N) is 1. The smallest absolute Gasteiger partial charge is 0.194 e. The highest BCUT2D eigenvalue weighted by Crippen LogP contribution is 2.38. The normalized spacial score (nSPS) is 26.6. The molecule has 0 aliphatic carbocycles.